The number of rotatable bonds is 0. The van der Waals surface area contributed by atoms with Gasteiger partial charge >= 0.3 is 5.13 Å². The average Bonchev–Trinajstić information content (AvgIpc) is 2.14. The fraction of sp³-hybridized carbons (Fsp3) is 0. The van der Waals surface area contributed by atoms with Crippen LogP contribution in [0, 0.1) is 6.57 Å². The van der Waals surface area contributed by atoms with Gasteiger partial charge in [-0.05, 0) is 15.9 Å². The lowest BCUT2D eigenvalue weighted by atomic mass is 11.0. The monoisotopic (exact) mass is 188 g/mol. The van der Waals surface area contributed by atoms with E-state index in [4.69, 9.17) is 6.57 Å². The summed E-state index contributed by atoms with van der Waals surface area (Å²) >= 11 is 4.52. The second-order valence-electron chi connectivity index (χ2n) is 1.06. The largest absolute Gasteiger partial charge is 0.351 e. The molecule has 0 N–H and O–H groups in total. The van der Waals surface area contributed by atoms with Crippen LogP contribution in [0.5, 0.6) is 0 Å². The molecule has 0 aliphatic heterocycles. The lowest BCUT2D eigenvalue weighted by Crippen LogP contribution is -1.47. The summed E-state index contributed by atoms with van der Waals surface area (Å²) in [5.74, 6) is 0. The molecule has 1 rings (SSSR count). The Balaban J connectivity index is 3.05. The Morgan fingerprint density at radius 1 is 1.88 bits per heavy atom. The average molecular weight is 189 g/mol. The molecule has 2 nitrogen and oxygen atoms in total. The highest BCUT2D eigenvalue weighted by Gasteiger charge is 1.95. The molecule has 4 heteroatoms. The van der Waals surface area contributed by atoms with E-state index in [-0.39, 0.29) is 0 Å². The lowest BCUT2D eigenvalue weighted by molar-refractivity contribution is 1.43. The fourth-order valence-electron chi connectivity index (χ4n) is 0.298. The number of nitrogens with zero attached hydrogens (tertiary/aromatic N) is 2. The van der Waals surface area contributed by atoms with Crippen molar-refractivity contribution < 1.29 is 0 Å². The molecule has 0 aromatic carbocycles. The standard InChI is InChI=1S/C4HBrN2S/c1-6-4-7-2-3(5)8-4/h2H. The highest BCUT2D eigenvalue weighted by molar-refractivity contribution is 9.11. The van der Waals surface area contributed by atoms with E-state index in [0.717, 1.165) is 3.79 Å². The molecule has 0 aliphatic rings. The summed E-state index contributed by atoms with van der Waals surface area (Å²) in [7, 11) is 0. The van der Waals surface area contributed by atoms with Crippen LogP contribution in [-0.4, -0.2) is 4.98 Å². The summed E-state index contributed by atoms with van der Waals surface area (Å²) in [5, 5.41) is 0.483. The molecule has 0 atom stereocenters. The Labute approximate surface area is 59.1 Å². The van der Waals surface area contributed by atoms with Gasteiger partial charge in [-0.1, -0.05) is 6.57 Å². The van der Waals surface area contributed by atoms with Gasteiger partial charge in [-0.3, -0.25) is 0 Å². The molecule has 1 aromatic heterocycles. The molecule has 0 aliphatic carbocycles. The molecule has 0 bridgehead atoms. The zero-order valence-corrected chi connectivity index (χ0v) is 6.16. The summed E-state index contributed by atoms with van der Waals surface area (Å²) in [4.78, 5) is 6.87. The second-order valence-corrected chi connectivity index (χ2v) is 3.45. The van der Waals surface area contributed by atoms with Crippen molar-refractivity contribution in [3.8, 4) is 0 Å². The van der Waals surface area contributed by atoms with E-state index >= 15 is 0 Å². The van der Waals surface area contributed by atoms with Crippen LogP contribution in [-0.2, 0) is 0 Å². The van der Waals surface area contributed by atoms with Crippen molar-refractivity contribution >= 4 is 32.4 Å². The first-order chi connectivity index (χ1) is 3.83. The lowest BCUT2D eigenvalue weighted by Gasteiger charge is -1.67. The van der Waals surface area contributed by atoms with Gasteiger partial charge in [0.1, 0.15) is 9.98 Å². The number of aromatic nitrogens is 1. The number of thiazole rings is 1. The summed E-state index contributed by atoms with van der Waals surface area (Å²) in [5.41, 5.74) is 0. The van der Waals surface area contributed by atoms with E-state index < -0.39 is 0 Å². The Morgan fingerprint density at radius 3 is 2.88 bits per heavy atom. The maximum Gasteiger partial charge on any atom is 0.330 e. The molecular formula is C4HBrN2S. The van der Waals surface area contributed by atoms with Crippen molar-refractivity contribution in [2.24, 2.45) is 0 Å². The first-order valence-corrected chi connectivity index (χ1v) is 3.42. The predicted octanol–water partition coefficient (Wildman–Crippen LogP) is 2.46. The molecule has 0 radical (unpaired) electrons. The Bertz CT molecular complexity index is 224. The Kier molecular flexibility index (Phi) is 1.61. The number of hydrogen-bond acceptors (Lipinski definition) is 2. The number of halogens is 1. The molecule has 1 heterocycles. The van der Waals surface area contributed by atoms with Gasteiger partial charge in [0.2, 0.25) is 0 Å². The van der Waals surface area contributed by atoms with Crippen molar-refractivity contribution in [2.45, 2.75) is 0 Å². The molecule has 0 spiro atoms. The van der Waals surface area contributed by atoms with Gasteiger partial charge in [0, 0.05) is 0 Å². The van der Waals surface area contributed by atoms with Crippen molar-refractivity contribution in [1.82, 2.24) is 4.98 Å². The molecule has 40 valence electrons. The van der Waals surface area contributed by atoms with E-state index in [9.17, 15) is 0 Å². The van der Waals surface area contributed by atoms with Crippen molar-refractivity contribution in [3.63, 3.8) is 0 Å². The zero-order valence-electron chi connectivity index (χ0n) is 3.76. The predicted molar refractivity (Wildman–Crippen MR) is 36.1 cm³/mol. The van der Waals surface area contributed by atoms with E-state index in [1.807, 2.05) is 0 Å². The SMILES string of the molecule is [C-]#[N+]c1ncc(Br)s1. The topological polar surface area (TPSA) is 17.2 Å². The van der Waals surface area contributed by atoms with Crippen LogP contribution in [0.4, 0.5) is 5.13 Å². The van der Waals surface area contributed by atoms with Crippen molar-refractivity contribution in [1.29, 1.82) is 0 Å². The van der Waals surface area contributed by atoms with Gasteiger partial charge in [-0.25, -0.2) is 0 Å². The highest BCUT2D eigenvalue weighted by Crippen LogP contribution is 2.24. The minimum absolute atomic E-state index is 0.483. The summed E-state index contributed by atoms with van der Waals surface area (Å²) in [6.07, 6.45) is 1.62. The third-order valence-electron chi connectivity index (χ3n) is 0.561. The minimum atomic E-state index is 0.483. The maximum absolute atomic E-state index is 6.51. The van der Waals surface area contributed by atoms with Gasteiger partial charge in [0.05, 0.1) is 0 Å². The maximum atomic E-state index is 6.51. The molecule has 8 heavy (non-hydrogen) atoms. The molecule has 0 saturated heterocycles. The molecule has 1 aromatic rings. The second kappa shape index (κ2) is 2.25. The van der Waals surface area contributed by atoms with Gasteiger partial charge in [0.15, 0.2) is 0 Å². The molecule has 0 saturated carbocycles. The summed E-state index contributed by atoms with van der Waals surface area (Å²) in [6.45, 7) is 6.51. The van der Waals surface area contributed by atoms with Crippen LogP contribution < -0.4 is 0 Å². The van der Waals surface area contributed by atoms with Crippen LogP contribution in [0.1, 0.15) is 0 Å². The smallest absolute Gasteiger partial charge is 0.330 e. The fourth-order valence-corrected chi connectivity index (χ4v) is 1.27. The highest BCUT2D eigenvalue weighted by atomic mass is 79.9. The van der Waals surface area contributed by atoms with Gasteiger partial charge in [-0.2, -0.15) is 0 Å². The van der Waals surface area contributed by atoms with Crippen LogP contribution >= 0.6 is 27.3 Å². The Morgan fingerprint density at radius 2 is 2.62 bits per heavy atom. The summed E-state index contributed by atoms with van der Waals surface area (Å²) < 4.78 is 0.906. The van der Waals surface area contributed by atoms with Gasteiger partial charge in [0.25, 0.3) is 0 Å². The van der Waals surface area contributed by atoms with Crippen molar-refractivity contribution in [2.75, 3.05) is 0 Å². The first kappa shape index (κ1) is 5.73. The normalized spacial score (nSPS) is 8.50. The van der Waals surface area contributed by atoms with Crippen molar-refractivity contribution in [3.05, 3.63) is 21.4 Å². The molecule has 0 amide bonds. The summed E-state index contributed by atoms with van der Waals surface area (Å²) in [6, 6.07) is 0. The van der Waals surface area contributed by atoms with Gasteiger partial charge < -0.3 is 4.85 Å². The van der Waals surface area contributed by atoms with E-state index in [1.54, 1.807) is 6.20 Å². The van der Waals surface area contributed by atoms with Crippen LogP contribution in [0.3, 0.4) is 0 Å². The van der Waals surface area contributed by atoms with Crippen LogP contribution in [0.2, 0.25) is 0 Å². The molecular weight excluding hydrogens is 188 g/mol. The van der Waals surface area contributed by atoms with E-state index in [2.05, 4.69) is 25.8 Å². The van der Waals surface area contributed by atoms with Crippen LogP contribution in [0.15, 0.2) is 9.98 Å². The van der Waals surface area contributed by atoms with Crippen LogP contribution in [0.25, 0.3) is 4.85 Å². The molecule has 0 unspecified atom stereocenters. The molecule has 0 fully saturated rings. The van der Waals surface area contributed by atoms with E-state index in [0.29, 0.717) is 5.13 Å². The number of hydrogen-bond donors (Lipinski definition) is 0. The third kappa shape index (κ3) is 1.05. The van der Waals surface area contributed by atoms with E-state index in [1.165, 1.54) is 11.3 Å². The zero-order chi connectivity index (χ0) is 5.98. The third-order valence-corrected chi connectivity index (χ3v) is 1.93. The Hall–Kier alpha value is -0.400. The van der Waals surface area contributed by atoms with Gasteiger partial charge in [-0.15, -0.1) is 16.3 Å². The first-order valence-electron chi connectivity index (χ1n) is 1.81. The quantitative estimate of drug-likeness (QED) is 0.573. The minimum Gasteiger partial charge on any atom is -0.351 e.